The van der Waals surface area contributed by atoms with E-state index in [4.69, 9.17) is 27.9 Å². The zero-order valence-electron chi connectivity index (χ0n) is 9.41. The fourth-order valence-corrected chi connectivity index (χ4v) is 1.90. The van der Waals surface area contributed by atoms with Gasteiger partial charge in [-0.25, -0.2) is 0 Å². The van der Waals surface area contributed by atoms with Crippen molar-refractivity contribution in [2.75, 3.05) is 32.0 Å². The van der Waals surface area contributed by atoms with Gasteiger partial charge in [0.2, 0.25) is 11.6 Å². The Balaban J connectivity index is 2.90. The number of halogens is 2. The van der Waals surface area contributed by atoms with E-state index in [1.54, 1.807) is 4.90 Å². The van der Waals surface area contributed by atoms with Crippen LogP contribution >= 0.6 is 23.2 Å². The molecule has 17 heavy (non-hydrogen) atoms. The summed E-state index contributed by atoms with van der Waals surface area (Å²) in [5, 5.41) is 0. The van der Waals surface area contributed by atoms with Gasteiger partial charge in [0, 0.05) is 37.0 Å². The molecule has 0 atom stereocenters. The first kappa shape index (κ1) is 14.1. The predicted molar refractivity (Wildman–Crippen MR) is 66.2 cm³/mol. The number of ketones is 2. The highest BCUT2D eigenvalue weighted by atomic mass is 35.5. The van der Waals surface area contributed by atoms with E-state index < -0.39 is 0 Å². The molecule has 1 aliphatic rings. The number of rotatable bonds is 6. The molecule has 0 radical (unpaired) electrons. The van der Waals surface area contributed by atoms with Crippen LogP contribution in [0.3, 0.4) is 0 Å². The van der Waals surface area contributed by atoms with Gasteiger partial charge in [-0.05, 0) is 0 Å². The summed E-state index contributed by atoms with van der Waals surface area (Å²) < 4.78 is 4.80. The molecular weight excluding hydrogens is 265 g/mol. The van der Waals surface area contributed by atoms with Crippen molar-refractivity contribution in [2.45, 2.75) is 0 Å². The standard InChI is InChI=1S/C11H13Cl2NO3/c1-17-11-7-9(15)8(6-10(11)16)14(4-2-12)5-3-13/h6-7H,2-5H2,1H3. The Morgan fingerprint density at radius 3 is 2.18 bits per heavy atom. The highest BCUT2D eigenvalue weighted by molar-refractivity contribution is 6.20. The topological polar surface area (TPSA) is 46.6 Å². The minimum absolute atomic E-state index is 0.0513. The van der Waals surface area contributed by atoms with Crippen molar-refractivity contribution < 1.29 is 14.3 Å². The fourth-order valence-electron chi connectivity index (χ4n) is 1.49. The zero-order valence-corrected chi connectivity index (χ0v) is 10.9. The van der Waals surface area contributed by atoms with Gasteiger partial charge in [0.25, 0.3) is 0 Å². The molecule has 0 bridgehead atoms. The lowest BCUT2D eigenvalue weighted by Crippen LogP contribution is -2.33. The van der Waals surface area contributed by atoms with E-state index in [-0.39, 0.29) is 17.3 Å². The second kappa shape index (κ2) is 6.67. The Hall–Kier alpha value is -1.00. The quantitative estimate of drug-likeness (QED) is 0.543. The highest BCUT2D eigenvalue weighted by Crippen LogP contribution is 2.16. The minimum atomic E-state index is -0.323. The Kier molecular flexibility index (Phi) is 5.51. The van der Waals surface area contributed by atoms with Crippen LogP contribution in [0.15, 0.2) is 23.6 Å². The van der Waals surface area contributed by atoms with Crippen molar-refractivity contribution in [3.63, 3.8) is 0 Å². The van der Waals surface area contributed by atoms with Gasteiger partial charge in [0.1, 0.15) is 0 Å². The van der Waals surface area contributed by atoms with E-state index in [2.05, 4.69) is 0 Å². The first-order chi connectivity index (χ1) is 8.13. The lowest BCUT2D eigenvalue weighted by Gasteiger charge is -2.25. The van der Waals surface area contributed by atoms with Crippen molar-refractivity contribution in [3.05, 3.63) is 23.6 Å². The van der Waals surface area contributed by atoms with Gasteiger partial charge in [0.15, 0.2) is 5.76 Å². The second-order valence-electron chi connectivity index (χ2n) is 3.34. The van der Waals surface area contributed by atoms with Gasteiger partial charge in [-0.2, -0.15) is 0 Å². The van der Waals surface area contributed by atoms with E-state index in [0.717, 1.165) is 0 Å². The second-order valence-corrected chi connectivity index (χ2v) is 4.09. The number of allylic oxidation sites excluding steroid dienone is 2. The molecule has 0 fully saturated rings. The van der Waals surface area contributed by atoms with Crippen LogP contribution in [0.4, 0.5) is 0 Å². The summed E-state index contributed by atoms with van der Waals surface area (Å²) >= 11 is 11.3. The summed E-state index contributed by atoms with van der Waals surface area (Å²) in [4.78, 5) is 25.1. The SMILES string of the molecule is COC1=CC(=O)C(N(CCCl)CCCl)=CC1=O. The van der Waals surface area contributed by atoms with Crippen LogP contribution in [-0.4, -0.2) is 48.4 Å². The lowest BCUT2D eigenvalue weighted by molar-refractivity contribution is -0.118. The average Bonchev–Trinajstić information content (AvgIpc) is 2.31. The van der Waals surface area contributed by atoms with Crippen molar-refractivity contribution in [1.82, 2.24) is 4.90 Å². The molecule has 0 saturated carbocycles. The number of carbonyl (C=O) groups excluding carboxylic acids is 2. The molecule has 94 valence electrons. The number of methoxy groups -OCH3 is 1. The van der Waals surface area contributed by atoms with E-state index in [9.17, 15) is 9.59 Å². The van der Waals surface area contributed by atoms with Crippen LogP contribution in [0.2, 0.25) is 0 Å². The third kappa shape index (κ3) is 3.48. The van der Waals surface area contributed by atoms with Crippen molar-refractivity contribution in [2.24, 2.45) is 0 Å². The van der Waals surface area contributed by atoms with Gasteiger partial charge in [-0.1, -0.05) is 0 Å². The Bertz CT molecular complexity index is 371. The molecule has 0 spiro atoms. The number of hydrogen-bond donors (Lipinski definition) is 0. The maximum atomic E-state index is 11.8. The van der Waals surface area contributed by atoms with Crippen molar-refractivity contribution >= 4 is 34.8 Å². The predicted octanol–water partition coefficient (Wildman–Crippen LogP) is 1.33. The third-order valence-electron chi connectivity index (χ3n) is 2.29. The normalized spacial score (nSPS) is 15.5. The average molecular weight is 278 g/mol. The number of carbonyl (C=O) groups is 2. The molecule has 0 aromatic rings. The highest BCUT2D eigenvalue weighted by Gasteiger charge is 2.24. The summed E-state index contributed by atoms with van der Waals surface area (Å²) in [5.41, 5.74) is 0.317. The van der Waals surface area contributed by atoms with E-state index in [1.165, 1.54) is 19.3 Å². The monoisotopic (exact) mass is 277 g/mol. The maximum absolute atomic E-state index is 11.8. The van der Waals surface area contributed by atoms with Gasteiger partial charge in [-0.3, -0.25) is 9.59 Å². The number of nitrogens with zero attached hydrogens (tertiary/aromatic N) is 1. The molecular formula is C11H13Cl2NO3. The van der Waals surface area contributed by atoms with Gasteiger partial charge in [-0.15, -0.1) is 23.2 Å². The minimum Gasteiger partial charge on any atom is -0.493 e. The zero-order chi connectivity index (χ0) is 12.8. The molecule has 0 aliphatic heterocycles. The molecule has 1 rings (SSSR count). The van der Waals surface area contributed by atoms with Crippen LogP contribution in [0.1, 0.15) is 0 Å². The fraction of sp³-hybridized carbons (Fsp3) is 0.455. The molecule has 1 aliphatic carbocycles. The summed E-state index contributed by atoms with van der Waals surface area (Å²) in [6.45, 7) is 0.935. The molecule has 4 nitrogen and oxygen atoms in total. The Labute approximate surface area is 110 Å². The number of ether oxygens (including phenoxy) is 1. The molecule has 0 N–H and O–H groups in total. The van der Waals surface area contributed by atoms with Crippen LogP contribution in [0.5, 0.6) is 0 Å². The van der Waals surface area contributed by atoms with Crippen molar-refractivity contribution in [1.29, 1.82) is 0 Å². The van der Waals surface area contributed by atoms with Crippen LogP contribution in [-0.2, 0) is 14.3 Å². The van der Waals surface area contributed by atoms with Crippen LogP contribution in [0.25, 0.3) is 0 Å². The summed E-state index contributed by atoms with van der Waals surface area (Å²) in [6.07, 6.45) is 2.45. The van der Waals surface area contributed by atoms with Crippen molar-refractivity contribution in [3.8, 4) is 0 Å². The molecule has 0 amide bonds. The Morgan fingerprint density at radius 2 is 1.71 bits per heavy atom. The lowest BCUT2D eigenvalue weighted by atomic mass is 10.1. The van der Waals surface area contributed by atoms with E-state index >= 15 is 0 Å². The first-order valence-corrected chi connectivity index (χ1v) is 6.13. The van der Waals surface area contributed by atoms with E-state index in [0.29, 0.717) is 30.5 Å². The smallest absolute Gasteiger partial charge is 0.222 e. The summed E-state index contributed by atoms with van der Waals surface area (Å²) in [5.74, 6) is 0.177. The summed E-state index contributed by atoms with van der Waals surface area (Å²) in [7, 11) is 1.35. The van der Waals surface area contributed by atoms with Gasteiger partial charge >= 0.3 is 0 Å². The van der Waals surface area contributed by atoms with Crippen LogP contribution < -0.4 is 0 Å². The summed E-state index contributed by atoms with van der Waals surface area (Å²) in [6, 6.07) is 0. The van der Waals surface area contributed by atoms with E-state index in [1.807, 2.05) is 0 Å². The Morgan fingerprint density at radius 1 is 1.12 bits per heavy atom. The molecule has 0 saturated heterocycles. The van der Waals surface area contributed by atoms with Gasteiger partial charge in [0.05, 0.1) is 12.8 Å². The molecule has 0 aromatic heterocycles. The van der Waals surface area contributed by atoms with Gasteiger partial charge < -0.3 is 9.64 Å². The first-order valence-electron chi connectivity index (χ1n) is 5.07. The molecule has 0 heterocycles. The number of hydrogen-bond acceptors (Lipinski definition) is 4. The molecule has 0 aromatic carbocycles. The maximum Gasteiger partial charge on any atom is 0.222 e. The van der Waals surface area contributed by atoms with Crippen LogP contribution in [0, 0.1) is 0 Å². The largest absolute Gasteiger partial charge is 0.493 e. The third-order valence-corrected chi connectivity index (χ3v) is 2.63. The molecule has 6 heteroatoms. The molecule has 0 unspecified atom stereocenters. The number of alkyl halides is 2.